The van der Waals surface area contributed by atoms with E-state index >= 15 is 0 Å². The maximum atomic E-state index is 12.5. The third-order valence-corrected chi connectivity index (χ3v) is 5.30. The highest BCUT2D eigenvalue weighted by atomic mass is 32.2. The average Bonchev–Trinajstić information content (AvgIpc) is 3.20. The van der Waals surface area contributed by atoms with Crippen LogP contribution in [0.4, 0.5) is 5.69 Å². The number of hydrogen-bond acceptors (Lipinski definition) is 6. The van der Waals surface area contributed by atoms with Crippen LogP contribution in [-0.4, -0.2) is 52.3 Å². The molecule has 0 spiro atoms. The number of anilines is 1. The first kappa shape index (κ1) is 21.1. The molecule has 1 fully saturated rings. The summed E-state index contributed by atoms with van der Waals surface area (Å²) in [4.78, 5) is 12.5. The van der Waals surface area contributed by atoms with E-state index in [2.05, 4.69) is 5.32 Å². The molecule has 156 valence electrons. The third-order valence-electron chi connectivity index (χ3n) is 4.39. The van der Waals surface area contributed by atoms with E-state index in [0.29, 0.717) is 29.4 Å². The van der Waals surface area contributed by atoms with Crippen LogP contribution in [0.2, 0.25) is 0 Å². The Bertz CT molecular complexity index is 920. The minimum atomic E-state index is -3.08. The minimum Gasteiger partial charge on any atom is -0.492 e. The zero-order valence-electron chi connectivity index (χ0n) is 16.3. The summed E-state index contributed by atoms with van der Waals surface area (Å²) in [5.74, 6) is 0.858. The molecule has 0 saturated carbocycles. The molecule has 2 aromatic carbocycles. The van der Waals surface area contributed by atoms with Crippen LogP contribution in [0.5, 0.6) is 11.5 Å². The van der Waals surface area contributed by atoms with E-state index in [0.717, 1.165) is 25.7 Å². The van der Waals surface area contributed by atoms with Crippen molar-refractivity contribution in [2.75, 3.05) is 37.1 Å². The van der Waals surface area contributed by atoms with Gasteiger partial charge in [0.1, 0.15) is 24.7 Å². The number of amides is 1. The molecule has 0 aromatic heterocycles. The number of carbonyl (C=O) groups is 1. The van der Waals surface area contributed by atoms with Crippen LogP contribution in [0.3, 0.4) is 0 Å². The van der Waals surface area contributed by atoms with Crippen LogP contribution in [0, 0.1) is 0 Å². The third kappa shape index (κ3) is 7.07. The smallest absolute Gasteiger partial charge is 0.255 e. The maximum absolute atomic E-state index is 12.5. The fourth-order valence-electron chi connectivity index (χ4n) is 2.85. The van der Waals surface area contributed by atoms with Crippen molar-refractivity contribution in [1.29, 1.82) is 0 Å². The molecule has 1 heterocycles. The van der Waals surface area contributed by atoms with Crippen molar-refractivity contribution in [3.63, 3.8) is 0 Å². The molecule has 2 aromatic rings. The van der Waals surface area contributed by atoms with Crippen LogP contribution < -0.4 is 14.8 Å². The first-order valence-corrected chi connectivity index (χ1v) is 11.5. The summed E-state index contributed by atoms with van der Waals surface area (Å²) < 4.78 is 39.0. The SMILES string of the molecule is CS(=O)(=O)CCOc1cccc(NC(=O)c2ccc(OCC3CCCO3)cc2)c1. The molecule has 1 aliphatic heterocycles. The normalized spacial score (nSPS) is 16.4. The molecule has 1 N–H and O–H groups in total. The second-order valence-electron chi connectivity index (χ2n) is 6.93. The minimum absolute atomic E-state index is 0.0591. The first-order valence-electron chi connectivity index (χ1n) is 9.45. The average molecular weight is 419 g/mol. The fraction of sp³-hybridized carbons (Fsp3) is 0.381. The van der Waals surface area contributed by atoms with Gasteiger partial charge in [-0.1, -0.05) is 6.07 Å². The molecule has 1 saturated heterocycles. The van der Waals surface area contributed by atoms with Gasteiger partial charge in [-0.2, -0.15) is 0 Å². The highest BCUT2D eigenvalue weighted by Crippen LogP contribution is 2.20. The summed E-state index contributed by atoms with van der Waals surface area (Å²) in [6.07, 6.45) is 3.38. The molecule has 0 radical (unpaired) electrons. The predicted octanol–water partition coefficient (Wildman–Crippen LogP) is 2.92. The van der Waals surface area contributed by atoms with Gasteiger partial charge in [0.15, 0.2) is 9.84 Å². The van der Waals surface area contributed by atoms with E-state index in [1.807, 2.05) is 0 Å². The molecule has 29 heavy (non-hydrogen) atoms. The van der Waals surface area contributed by atoms with Gasteiger partial charge in [0.05, 0.1) is 11.9 Å². The Labute approximate surface area is 170 Å². The highest BCUT2D eigenvalue weighted by Gasteiger charge is 2.16. The van der Waals surface area contributed by atoms with Crippen LogP contribution in [0.25, 0.3) is 0 Å². The standard InChI is InChI=1S/C21H25NO6S/c1-29(24,25)13-12-27-19-5-2-4-17(14-19)22-21(23)16-7-9-18(10-8-16)28-15-20-6-3-11-26-20/h2,4-5,7-10,14,20H,3,6,11-13,15H2,1H3,(H,22,23). The molecule has 0 bridgehead atoms. The first-order chi connectivity index (χ1) is 13.9. The molecule has 1 unspecified atom stereocenters. The van der Waals surface area contributed by atoms with Crippen LogP contribution in [-0.2, 0) is 14.6 Å². The van der Waals surface area contributed by atoms with Crippen molar-refractivity contribution >= 4 is 21.4 Å². The summed E-state index contributed by atoms with van der Waals surface area (Å²) in [5.41, 5.74) is 1.06. The van der Waals surface area contributed by atoms with Gasteiger partial charge in [-0.15, -0.1) is 0 Å². The summed E-state index contributed by atoms with van der Waals surface area (Å²) in [7, 11) is -3.08. The summed E-state index contributed by atoms with van der Waals surface area (Å²) >= 11 is 0. The quantitative estimate of drug-likeness (QED) is 0.672. The number of rotatable bonds is 9. The van der Waals surface area contributed by atoms with Gasteiger partial charge in [-0.3, -0.25) is 4.79 Å². The lowest BCUT2D eigenvalue weighted by molar-refractivity contribution is 0.0679. The second kappa shape index (κ2) is 9.76. The Morgan fingerprint density at radius 1 is 1.14 bits per heavy atom. The number of ether oxygens (including phenoxy) is 3. The molecule has 8 heteroatoms. The van der Waals surface area contributed by atoms with Gasteiger partial charge in [-0.05, 0) is 49.2 Å². The van der Waals surface area contributed by atoms with Gasteiger partial charge in [0.25, 0.3) is 5.91 Å². The molecule has 7 nitrogen and oxygen atoms in total. The fourth-order valence-corrected chi connectivity index (χ4v) is 3.23. The van der Waals surface area contributed by atoms with E-state index in [1.54, 1.807) is 48.5 Å². The Morgan fingerprint density at radius 3 is 2.62 bits per heavy atom. The summed E-state index contributed by atoms with van der Waals surface area (Å²) in [5, 5.41) is 2.80. The van der Waals surface area contributed by atoms with E-state index in [9.17, 15) is 13.2 Å². The van der Waals surface area contributed by atoms with Crippen molar-refractivity contribution < 1.29 is 27.4 Å². The van der Waals surface area contributed by atoms with E-state index in [1.165, 1.54) is 0 Å². The lowest BCUT2D eigenvalue weighted by Gasteiger charge is -2.12. The topological polar surface area (TPSA) is 90.9 Å². The molecule has 1 aliphatic rings. The number of carbonyl (C=O) groups excluding carboxylic acids is 1. The van der Waals surface area contributed by atoms with Gasteiger partial charge in [0, 0.05) is 30.2 Å². The predicted molar refractivity (Wildman–Crippen MR) is 111 cm³/mol. The molecule has 0 aliphatic carbocycles. The molecular formula is C21H25NO6S. The summed E-state index contributed by atoms with van der Waals surface area (Å²) in [6, 6.07) is 13.7. The Morgan fingerprint density at radius 2 is 1.93 bits per heavy atom. The van der Waals surface area contributed by atoms with E-state index < -0.39 is 9.84 Å². The van der Waals surface area contributed by atoms with Crippen LogP contribution in [0.1, 0.15) is 23.2 Å². The van der Waals surface area contributed by atoms with Gasteiger partial charge in [0.2, 0.25) is 0 Å². The number of nitrogens with one attached hydrogen (secondary N) is 1. The summed E-state index contributed by atoms with van der Waals surface area (Å²) in [6.45, 7) is 1.36. The molecule has 3 rings (SSSR count). The van der Waals surface area contributed by atoms with Gasteiger partial charge >= 0.3 is 0 Å². The van der Waals surface area contributed by atoms with Crippen molar-refractivity contribution in [3.05, 3.63) is 54.1 Å². The van der Waals surface area contributed by atoms with Crippen molar-refractivity contribution in [1.82, 2.24) is 0 Å². The van der Waals surface area contributed by atoms with Crippen molar-refractivity contribution in [3.8, 4) is 11.5 Å². The van der Waals surface area contributed by atoms with E-state index in [4.69, 9.17) is 14.2 Å². The lowest BCUT2D eigenvalue weighted by Crippen LogP contribution is -2.16. The zero-order valence-corrected chi connectivity index (χ0v) is 17.1. The van der Waals surface area contributed by atoms with Crippen molar-refractivity contribution in [2.24, 2.45) is 0 Å². The number of benzene rings is 2. The Balaban J connectivity index is 1.52. The van der Waals surface area contributed by atoms with E-state index in [-0.39, 0.29) is 24.4 Å². The second-order valence-corrected chi connectivity index (χ2v) is 9.19. The molecule has 1 atom stereocenters. The van der Waals surface area contributed by atoms with Crippen molar-refractivity contribution in [2.45, 2.75) is 18.9 Å². The van der Waals surface area contributed by atoms with Crippen LogP contribution in [0.15, 0.2) is 48.5 Å². The maximum Gasteiger partial charge on any atom is 0.255 e. The van der Waals surface area contributed by atoms with Gasteiger partial charge < -0.3 is 19.5 Å². The molecule has 1 amide bonds. The number of sulfone groups is 1. The molecular weight excluding hydrogens is 394 g/mol. The monoisotopic (exact) mass is 419 g/mol. The zero-order chi connectivity index (χ0) is 20.7. The highest BCUT2D eigenvalue weighted by molar-refractivity contribution is 7.90. The van der Waals surface area contributed by atoms with Gasteiger partial charge in [-0.25, -0.2) is 8.42 Å². The lowest BCUT2D eigenvalue weighted by atomic mass is 10.2. The Hall–Kier alpha value is -2.58. The largest absolute Gasteiger partial charge is 0.492 e. The number of hydrogen-bond donors (Lipinski definition) is 1. The Kier molecular flexibility index (Phi) is 7.11. The van der Waals surface area contributed by atoms with Crippen LogP contribution >= 0.6 is 0 Å².